The highest BCUT2D eigenvalue weighted by Crippen LogP contribution is 2.27. The van der Waals surface area contributed by atoms with Gasteiger partial charge in [0, 0.05) is 17.0 Å². The van der Waals surface area contributed by atoms with E-state index in [1.807, 2.05) is 30.3 Å². The zero-order chi connectivity index (χ0) is 15.1. The van der Waals surface area contributed by atoms with Gasteiger partial charge < -0.3 is 10.1 Å². The Morgan fingerprint density at radius 1 is 1.19 bits per heavy atom. The number of hydrogen-bond acceptors (Lipinski definition) is 2. The fourth-order valence-electron chi connectivity index (χ4n) is 2.04. The second-order valence-electron chi connectivity index (χ2n) is 4.73. The molecule has 0 aliphatic carbocycles. The van der Waals surface area contributed by atoms with Crippen LogP contribution in [0.4, 0.5) is 5.69 Å². The molecule has 0 spiro atoms. The number of ether oxygens (including phenoxy) is 1. The largest absolute Gasteiger partial charge is 0.497 e. The molecular weight excluding hydrogens is 330 g/mol. The Morgan fingerprint density at radius 3 is 2.67 bits per heavy atom. The average molecular weight is 348 g/mol. The van der Waals surface area contributed by atoms with Crippen LogP contribution in [0.2, 0.25) is 0 Å². The van der Waals surface area contributed by atoms with Gasteiger partial charge in [-0.2, -0.15) is 0 Å². The Kier molecular flexibility index (Phi) is 5.81. The van der Waals surface area contributed by atoms with Crippen LogP contribution in [0.5, 0.6) is 5.75 Å². The summed E-state index contributed by atoms with van der Waals surface area (Å²) < 4.78 is 6.01. The molecule has 1 amide bonds. The van der Waals surface area contributed by atoms with Crippen molar-refractivity contribution in [3.05, 3.63) is 58.6 Å². The van der Waals surface area contributed by atoms with E-state index in [0.717, 1.165) is 28.8 Å². The lowest BCUT2D eigenvalue weighted by Crippen LogP contribution is -2.12. The molecule has 3 nitrogen and oxygen atoms in total. The van der Waals surface area contributed by atoms with Gasteiger partial charge in [-0.05, 0) is 46.5 Å². The molecule has 0 saturated heterocycles. The number of hydrogen-bond donors (Lipinski definition) is 1. The number of nitrogens with one attached hydrogen (secondary N) is 1. The van der Waals surface area contributed by atoms with E-state index in [1.165, 1.54) is 5.56 Å². The molecule has 2 rings (SSSR count). The summed E-state index contributed by atoms with van der Waals surface area (Å²) >= 11 is 3.42. The van der Waals surface area contributed by atoms with E-state index in [2.05, 4.69) is 33.4 Å². The minimum atomic E-state index is 0.0138. The van der Waals surface area contributed by atoms with E-state index in [1.54, 1.807) is 13.2 Å². The van der Waals surface area contributed by atoms with Crippen LogP contribution in [0, 0.1) is 0 Å². The molecule has 0 heterocycles. The number of benzene rings is 2. The topological polar surface area (TPSA) is 38.3 Å². The zero-order valence-corrected chi connectivity index (χ0v) is 13.5. The fraction of sp³-hybridized carbons (Fsp3) is 0.235. The molecule has 0 saturated carbocycles. The molecule has 1 N–H and O–H groups in total. The van der Waals surface area contributed by atoms with Gasteiger partial charge in [0.25, 0.3) is 0 Å². The molecule has 0 fully saturated rings. The summed E-state index contributed by atoms with van der Waals surface area (Å²) in [5.41, 5.74) is 1.99. The first-order valence-corrected chi connectivity index (χ1v) is 7.65. The molecule has 0 radical (unpaired) electrons. The van der Waals surface area contributed by atoms with Crippen LogP contribution in [-0.4, -0.2) is 13.0 Å². The van der Waals surface area contributed by atoms with E-state index >= 15 is 0 Å². The Morgan fingerprint density at radius 2 is 1.95 bits per heavy atom. The average Bonchev–Trinajstić information content (AvgIpc) is 2.50. The van der Waals surface area contributed by atoms with Crippen LogP contribution in [-0.2, 0) is 11.2 Å². The molecule has 2 aromatic carbocycles. The maximum atomic E-state index is 12.0. The zero-order valence-electron chi connectivity index (χ0n) is 11.9. The quantitative estimate of drug-likeness (QED) is 0.839. The lowest BCUT2D eigenvalue weighted by molar-refractivity contribution is -0.116. The van der Waals surface area contributed by atoms with Crippen molar-refractivity contribution in [3.63, 3.8) is 0 Å². The van der Waals surface area contributed by atoms with Crippen LogP contribution in [0.3, 0.4) is 0 Å². The Labute approximate surface area is 133 Å². The van der Waals surface area contributed by atoms with Crippen molar-refractivity contribution in [2.24, 2.45) is 0 Å². The molecule has 0 aromatic heterocycles. The van der Waals surface area contributed by atoms with Gasteiger partial charge in [0.05, 0.1) is 12.8 Å². The molecule has 0 bridgehead atoms. The number of carbonyl (C=O) groups is 1. The summed E-state index contributed by atoms with van der Waals surface area (Å²) in [6.07, 6.45) is 2.24. The monoisotopic (exact) mass is 347 g/mol. The van der Waals surface area contributed by atoms with Gasteiger partial charge in [0.2, 0.25) is 5.91 Å². The number of aryl methyl sites for hydroxylation is 1. The smallest absolute Gasteiger partial charge is 0.224 e. The Hall–Kier alpha value is -1.81. The lowest BCUT2D eigenvalue weighted by Gasteiger charge is -2.09. The van der Waals surface area contributed by atoms with Crippen LogP contribution in [0.1, 0.15) is 18.4 Å². The Balaban J connectivity index is 1.84. The second kappa shape index (κ2) is 7.84. The summed E-state index contributed by atoms with van der Waals surface area (Å²) in [6, 6.07) is 15.7. The van der Waals surface area contributed by atoms with Crippen molar-refractivity contribution >= 4 is 27.5 Å². The number of amides is 1. The maximum Gasteiger partial charge on any atom is 0.224 e. The van der Waals surface area contributed by atoms with Gasteiger partial charge in [-0.25, -0.2) is 0 Å². The molecule has 0 aliphatic heterocycles. The summed E-state index contributed by atoms with van der Waals surface area (Å²) in [6.45, 7) is 0. The number of rotatable bonds is 6. The van der Waals surface area contributed by atoms with E-state index in [-0.39, 0.29) is 5.91 Å². The van der Waals surface area contributed by atoms with Crippen molar-refractivity contribution in [2.75, 3.05) is 12.4 Å². The van der Waals surface area contributed by atoms with Crippen LogP contribution in [0.15, 0.2) is 53.0 Å². The minimum absolute atomic E-state index is 0.0138. The highest BCUT2D eigenvalue weighted by atomic mass is 79.9. The first-order chi connectivity index (χ1) is 10.2. The standard InChI is InChI=1S/C17H18BrNO2/c1-21-14-10-11-15(18)16(12-14)19-17(20)9-5-8-13-6-3-2-4-7-13/h2-4,6-7,10-12H,5,8-9H2,1H3,(H,19,20). The van der Waals surface area contributed by atoms with E-state index < -0.39 is 0 Å². The number of methoxy groups -OCH3 is 1. The van der Waals surface area contributed by atoms with Gasteiger partial charge in [-0.3, -0.25) is 4.79 Å². The van der Waals surface area contributed by atoms with Gasteiger partial charge in [-0.1, -0.05) is 30.3 Å². The third kappa shape index (κ3) is 4.90. The van der Waals surface area contributed by atoms with E-state index in [9.17, 15) is 4.79 Å². The SMILES string of the molecule is COc1ccc(Br)c(NC(=O)CCCc2ccccc2)c1. The third-order valence-corrected chi connectivity index (χ3v) is 3.85. The highest BCUT2D eigenvalue weighted by molar-refractivity contribution is 9.10. The highest BCUT2D eigenvalue weighted by Gasteiger charge is 2.07. The van der Waals surface area contributed by atoms with E-state index in [4.69, 9.17) is 4.74 Å². The summed E-state index contributed by atoms with van der Waals surface area (Å²) in [7, 11) is 1.61. The van der Waals surface area contributed by atoms with Crippen molar-refractivity contribution in [2.45, 2.75) is 19.3 Å². The summed E-state index contributed by atoms with van der Waals surface area (Å²) in [4.78, 5) is 12.0. The first-order valence-electron chi connectivity index (χ1n) is 6.86. The number of carbonyl (C=O) groups excluding carboxylic acids is 1. The van der Waals surface area contributed by atoms with Crippen molar-refractivity contribution in [1.82, 2.24) is 0 Å². The Bertz CT molecular complexity index is 599. The molecule has 0 aliphatic rings. The fourth-order valence-corrected chi connectivity index (χ4v) is 2.38. The third-order valence-electron chi connectivity index (χ3n) is 3.16. The minimum Gasteiger partial charge on any atom is -0.497 e. The lowest BCUT2D eigenvalue weighted by atomic mass is 10.1. The molecular formula is C17H18BrNO2. The van der Waals surface area contributed by atoms with Crippen LogP contribution in [0.25, 0.3) is 0 Å². The summed E-state index contributed by atoms with van der Waals surface area (Å²) in [5.74, 6) is 0.734. The molecule has 110 valence electrons. The van der Waals surface area contributed by atoms with Gasteiger partial charge in [-0.15, -0.1) is 0 Å². The van der Waals surface area contributed by atoms with Gasteiger partial charge >= 0.3 is 0 Å². The number of halogens is 1. The van der Waals surface area contributed by atoms with Crippen molar-refractivity contribution in [3.8, 4) is 5.75 Å². The maximum absolute atomic E-state index is 12.0. The van der Waals surface area contributed by atoms with E-state index in [0.29, 0.717) is 6.42 Å². The van der Waals surface area contributed by atoms with Crippen molar-refractivity contribution < 1.29 is 9.53 Å². The first kappa shape index (κ1) is 15.6. The van der Waals surface area contributed by atoms with Gasteiger partial charge in [0.15, 0.2) is 0 Å². The summed E-state index contributed by atoms with van der Waals surface area (Å²) in [5, 5.41) is 2.91. The van der Waals surface area contributed by atoms with Gasteiger partial charge in [0.1, 0.15) is 5.75 Å². The normalized spacial score (nSPS) is 10.2. The van der Waals surface area contributed by atoms with Crippen LogP contribution >= 0.6 is 15.9 Å². The molecule has 21 heavy (non-hydrogen) atoms. The van der Waals surface area contributed by atoms with Crippen molar-refractivity contribution in [1.29, 1.82) is 0 Å². The molecule has 4 heteroatoms. The second-order valence-corrected chi connectivity index (χ2v) is 5.59. The molecule has 0 unspecified atom stereocenters. The molecule has 2 aromatic rings. The predicted octanol–water partition coefficient (Wildman–Crippen LogP) is 4.42. The predicted molar refractivity (Wildman–Crippen MR) is 88.7 cm³/mol. The van der Waals surface area contributed by atoms with Crippen LogP contribution < -0.4 is 10.1 Å². The number of anilines is 1. The molecule has 0 atom stereocenters.